The van der Waals surface area contributed by atoms with Crippen molar-refractivity contribution in [2.24, 2.45) is 0 Å². The largest absolute Gasteiger partial charge is 0.446 e. The summed E-state index contributed by atoms with van der Waals surface area (Å²) in [7, 11) is -3.21. The van der Waals surface area contributed by atoms with Gasteiger partial charge in [0.25, 0.3) is 5.91 Å². The van der Waals surface area contributed by atoms with Crippen LogP contribution in [0.4, 0.5) is 4.79 Å². The van der Waals surface area contributed by atoms with E-state index in [0.717, 1.165) is 10.5 Å². The van der Waals surface area contributed by atoms with E-state index in [1.54, 1.807) is 24.3 Å². The smallest absolute Gasteiger partial charge is 0.417 e. The number of hydrogen-bond acceptors (Lipinski definition) is 5. The molecule has 1 aliphatic heterocycles. The summed E-state index contributed by atoms with van der Waals surface area (Å²) in [6.45, 7) is -0.574. The molecule has 0 saturated carbocycles. The number of hydrogen-bond donors (Lipinski definition) is 1. The molecule has 2 unspecified atom stereocenters. The highest BCUT2D eigenvalue weighted by molar-refractivity contribution is 7.32. The Labute approximate surface area is 109 Å². The van der Waals surface area contributed by atoms with E-state index in [2.05, 4.69) is 4.52 Å². The van der Waals surface area contributed by atoms with E-state index >= 15 is 0 Å². The third-order valence-electron chi connectivity index (χ3n) is 2.65. The van der Waals surface area contributed by atoms with Crippen molar-refractivity contribution in [3.63, 3.8) is 0 Å². The Morgan fingerprint density at radius 2 is 2.16 bits per heavy atom. The predicted octanol–water partition coefficient (Wildman–Crippen LogP) is 1.11. The highest BCUT2D eigenvalue weighted by Gasteiger charge is 2.38. The van der Waals surface area contributed by atoms with Gasteiger partial charge in [-0.25, -0.2) is 9.69 Å². The lowest BCUT2D eigenvalue weighted by molar-refractivity contribution is -0.131. The molecule has 19 heavy (non-hydrogen) atoms. The quantitative estimate of drug-likeness (QED) is 0.833. The second-order valence-corrected chi connectivity index (χ2v) is 4.64. The highest BCUT2D eigenvalue weighted by Crippen LogP contribution is 2.28. The monoisotopic (exact) mass is 285 g/mol. The number of carbonyl (C=O) groups is 2. The van der Waals surface area contributed by atoms with Crippen molar-refractivity contribution in [3.8, 4) is 0 Å². The van der Waals surface area contributed by atoms with Crippen LogP contribution in [-0.2, 0) is 18.6 Å². The summed E-state index contributed by atoms with van der Waals surface area (Å²) in [5.74, 6) is -0.705. The lowest BCUT2D eigenvalue weighted by Gasteiger charge is -2.19. The Kier molecular flexibility index (Phi) is 4.31. The van der Waals surface area contributed by atoms with Gasteiger partial charge in [-0.1, -0.05) is 30.3 Å². The maximum absolute atomic E-state index is 11.8. The first kappa shape index (κ1) is 13.7. The molecule has 1 aliphatic rings. The summed E-state index contributed by atoms with van der Waals surface area (Å²) < 4.78 is 19.6. The minimum Gasteiger partial charge on any atom is -0.446 e. The van der Waals surface area contributed by atoms with E-state index in [9.17, 15) is 14.2 Å². The van der Waals surface area contributed by atoms with Crippen LogP contribution in [0.15, 0.2) is 30.3 Å². The van der Waals surface area contributed by atoms with Crippen LogP contribution < -0.4 is 0 Å². The number of cyclic esters (lactones) is 1. The van der Waals surface area contributed by atoms with Gasteiger partial charge in [-0.05, 0) is 5.56 Å². The average Bonchev–Trinajstić information content (AvgIpc) is 2.79. The first-order valence-electron chi connectivity index (χ1n) is 5.49. The number of carbonyl (C=O) groups excluding carboxylic acids is 2. The molecule has 0 aliphatic carbocycles. The Morgan fingerprint density at radius 3 is 2.79 bits per heavy atom. The zero-order valence-electron chi connectivity index (χ0n) is 9.81. The van der Waals surface area contributed by atoms with Crippen LogP contribution in [0.25, 0.3) is 0 Å². The third kappa shape index (κ3) is 3.20. The Balaban J connectivity index is 2.14. The molecule has 2 atom stereocenters. The molecule has 2 amide bonds. The third-order valence-corrected chi connectivity index (χ3v) is 3.04. The van der Waals surface area contributed by atoms with Crippen LogP contribution in [0.3, 0.4) is 0 Å². The molecule has 1 fully saturated rings. The zero-order valence-corrected chi connectivity index (χ0v) is 10.8. The van der Waals surface area contributed by atoms with Gasteiger partial charge in [-0.15, -0.1) is 0 Å². The van der Waals surface area contributed by atoms with Crippen molar-refractivity contribution in [3.05, 3.63) is 35.9 Å². The van der Waals surface area contributed by atoms with E-state index in [1.165, 1.54) is 0 Å². The van der Waals surface area contributed by atoms with Crippen molar-refractivity contribution in [2.45, 2.75) is 6.04 Å². The lowest BCUT2D eigenvalue weighted by atomic mass is 10.1. The molecular weight excluding hydrogens is 273 g/mol. The van der Waals surface area contributed by atoms with Crippen LogP contribution in [0, 0.1) is 0 Å². The van der Waals surface area contributed by atoms with Crippen molar-refractivity contribution in [1.29, 1.82) is 0 Å². The van der Waals surface area contributed by atoms with Gasteiger partial charge in [0.05, 0.1) is 0 Å². The molecule has 7 nitrogen and oxygen atoms in total. The van der Waals surface area contributed by atoms with E-state index < -0.39 is 32.9 Å². The number of amides is 2. The SMILES string of the molecule is O=C(CO[PH](=O)O)N1C(=O)OCC1c1ccccc1. The Bertz CT molecular complexity index is 505. The van der Waals surface area contributed by atoms with E-state index in [-0.39, 0.29) is 6.61 Å². The van der Waals surface area contributed by atoms with Crippen molar-refractivity contribution in [2.75, 3.05) is 13.2 Å². The molecule has 102 valence electrons. The Hall–Kier alpha value is -1.69. The standard InChI is InChI=1S/C11H12NO6P/c13-10(7-18-19(15)16)12-9(6-17-11(12)14)8-4-2-1-3-5-8/h1-5,9,19H,6-7H2,(H,15,16). The molecule has 0 aromatic heterocycles. The number of nitrogens with zero attached hydrogens (tertiary/aromatic N) is 1. The van der Waals surface area contributed by atoms with Crippen molar-refractivity contribution in [1.82, 2.24) is 4.90 Å². The fraction of sp³-hybridized carbons (Fsp3) is 0.273. The zero-order chi connectivity index (χ0) is 13.8. The van der Waals surface area contributed by atoms with Gasteiger partial charge in [-0.3, -0.25) is 9.36 Å². The first-order chi connectivity index (χ1) is 9.09. The summed E-state index contributed by atoms with van der Waals surface area (Å²) in [4.78, 5) is 32.8. The minimum absolute atomic E-state index is 0.0584. The summed E-state index contributed by atoms with van der Waals surface area (Å²) in [5, 5.41) is 0. The normalized spacial score (nSPS) is 20.2. The van der Waals surface area contributed by atoms with Crippen molar-refractivity contribution >= 4 is 20.3 Å². The number of rotatable bonds is 4. The maximum Gasteiger partial charge on any atom is 0.417 e. The van der Waals surface area contributed by atoms with Gasteiger partial charge in [-0.2, -0.15) is 0 Å². The van der Waals surface area contributed by atoms with Gasteiger partial charge in [0.15, 0.2) is 0 Å². The molecular formula is C11H12NO6P. The topological polar surface area (TPSA) is 93.1 Å². The van der Waals surface area contributed by atoms with Crippen LogP contribution in [0.5, 0.6) is 0 Å². The van der Waals surface area contributed by atoms with Crippen LogP contribution >= 0.6 is 8.25 Å². The lowest BCUT2D eigenvalue weighted by Crippen LogP contribution is -2.36. The van der Waals surface area contributed by atoms with Crippen LogP contribution in [-0.4, -0.2) is 35.0 Å². The summed E-state index contributed by atoms with van der Waals surface area (Å²) >= 11 is 0. The predicted molar refractivity (Wildman–Crippen MR) is 64.5 cm³/mol. The molecule has 1 N–H and O–H groups in total. The van der Waals surface area contributed by atoms with Gasteiger partial charge >= 0.3 is 14.3 Å². The molecule has 0 bridgehead atoms. The first-order valence-corrected chi connectivity index (χ1v) is 6.75. The molecule has 1 saturated heterocycles. The van der Waals surface area contributed by atoms with Gasteiger partial charge in [0, 0.05) is 0 Å². The minimum atomic E-state index is -3.21. The fourth-order valence-corrected chi connectivity index (χ4v) is 2.06. The molecule has 2 rings (SSSR count). The second-order valence-electron chi connectivity index (χ2n) is 3.82. The summed E-state index contributed by atoms with van der Waals surface area (Å²) in [5.41, 5.74) is 0.748. The molecule has 1 aromatic rings. The maximum atomic E-state index is 11.8. The Morgan fingerprint density at radius 1 is 1.47 bits per heavy atom. The van der Waals surface area contributed by atoms with Crippen molar-refractivity contribution < 1.29 is 28.3 Å². The van der Waals surface area contributed by atoms with E-state index in [0.29, 0.717) is 0 Å². The van der Waals surface area contributed by atoms with Crippen LogP contribution in [0.1, 0.15) is 11.6 Å². The molecule has 8 heteroatoms. The fourth-order valence-electron chi connectivity index (χ4n) is 1.81. The summed E-state index contributed by atoms with van der Waals surface area (Å²) in [6, 6.07) is 8.37. The van der Waals surface area contributed by atoms with E-state index in [4.69, 9.17) is 9.63 Å². The number of benzene rings is 1. The molecule has 1 aromatic carbocycles. The summed E-state index contributed by atoms with van der Waals surface area (Å²) in [6.07, 6.45) is -0.778. The molecule has 0 radical (unpaired) electrons. The molecule has 1 heterocycles. The number of ether oxygens (including phenoxy) is 1. The van der Waals surface area contributed by atoms with Gasteiger partial charge in [0.2, 0.25) is 0 Å². The van der Waals surface area contributed by atoms with E-state index in [1.807, 2.05) is 6.07 Å². The van der Waals surface area contributed by atoms with Crippen LogP contribution in [0.2, 0.25) is 0 Å². The highest BCUT2D eigenvalue weighted by atomic mass is 31.1. The number of imide groups is 1. The average molecular weight is 285 g/mol. The molecule has 0 spiro atoms. The van der Waals surface area contributed by atoms with Gasteiger partial charge < -0.3 is 14.2 Å². The second kappa shape index (κ2) is 5.97. The van der Waals surface area contributed by atoms with Gasteiger partial charge in [0.1, 0.15) is 19.3 Å².